The van der Waals surface area contributed by atoms with Crippen molar-refractivity contribution in [3.63, 3.8) is 0 Å². The number of likely N-dealkylation sites (tertiary alicyclic amines) is 1. The highest BCUT2D eigenvalue weighted by Crippen LogP contribution is 2.26. The van der Waals surface area contributed by atoms with Gasteiger partial charge in [-0.15, -0.1) is 0 Å². The van der Waals surface area contributed by atoms with Gasteiger partial charge in [-0.3, -0.25) is 9.59 Å². The minimum atomic E-state index is -0.115. The minimum Gasteiger partial charge on any atom is -0.365 e. The Kier molecular flexibility index (Phi) is 4.69. The molecule has 0 spiro atoms. The molecule has 2 amide bonds. The summed E-state index contributed by atoms with van der Waals surface area (Å²) in [4.78, 5) is 39.1. The van der Waals surface area contributed by atoms with E-state index < -0.39 is 0 Å². The zero-order valence-corrected chi connectivity index (χ0v) is 14.5. The average molecular weight is 342 g/mol. The van der Waals surface area contributed by atoms with Crippen LogP contribution in [0.25, 0.3) is 11.0 Å². The molecule has 1 atom stereocenters. The van der Waals surface area contributed by atoms with Crippen molar-refractivity contribution >= 4 is 28.7 Å². The Hall–Kier alpha value is -2.90. The number of hydrogen-bond acceptors (Lipinski definition) is 5. The second-order valence-electron chi connectivity index (χ2n) is 6.32. The molecule has 3 heterocycles. The zero-order chi connectivity index (χ0) is 18.0. The van der Waals surface area contributed by atoms with Crippen molar-refractivity contribution in [1.82, 2.24) is 24.8 Å². The lowest BCUT2D eigenvalue weighted by molar-refractivity contribution is -0.127. The van der Waals surface area contributed by atoms with Crippen molar-refractivity contribution in [1.29, 1.82) is 0 Å². The minimum absolute atomic E-state index is 0.0629. The van der Waals surface area contributed by atoms with Crippen molar-refractivity contribution < 1.29 is 9.59 Å². The van der Waals surface area contributed by atoms with Gasteiger partial charge in [0, 0.05) is 39.4 Å². The van der Waals surface area contributed by atoms with E-state index in [9.17, 15) is 9.59 Å². The number of H-pyrrole nitrogens is 1. The number of piperidine rings is 1. The standard InChI is InChI=1S/C17H22N6O2/c1-4-13(24)23-7-5-6-11(9-23)21-16-14-12(17(25)22(2)3)8-18-15(14)19-10-20-16/h4,8,10-11H,1,5-7,9H2,2-3H3,(H2,18,19,20,21). The summed E-state index contributed by atoms with van der Waals surface area (Å²) in [7, 11) is 3.41. The van der Waals surface area contributed by atoms with Crippen LogP contribution in [0.5, 0.6) is 0 Å². The quantitative estimate of drug-likeness (QED) is 0.816. The number of anilines is 1. The van der Waals surface area contributed by atoms with Crippen LogP contribution in [0, 0.1) is 0 Å². The molecule has 0 aliphatic carbocycles. The summed E-state index contributed by atoms with van der Waals surface area (Å²) in [5.41, 5.74) is 1.13. The number of aromatic nitrogens is 3. The van der Waals surface area contributed by atoms with Crippen molar-refractivity contribution in [3.8, 4) is 0 Å². The van der Waals surface area contributed by atoms with Crippen LogP contribution in [0.4, 0.5) is 5.82 Å². The Morgan fingerprint density at radius 1 is 1.44 bits per heavy atom. The maximum absolute atomic E-state index is 12.4. The van der Waals surface area contributed by atoms with Gasteiger partial charge in [-0.2, -0.15) is 0 Å². The molecule has 3 rings (SSSR count). The van der Waals surface area contributed by atoms with Gasteiger partial charge in [0.1, 0.15) is 17.8 Å². The summed E-state index contributed by atoms with van der Waals surface area (Å²) >= 11 is 0. The molecule has 8 nitrogen and oxygen atoms in total. The average Bonchev–Trinajstić information content (AvgIpc) is 3.05. The monoisotopic (exact) mass is 342 g/mol. The molecule has 0 bridgehead atoms. The number of carbonyl (C=O) groups is 2. The second-order valence-corrected chi connectivity index (χ2v) is 6.32. The second kappa shape index (κ2) is 6.92. The van der Waals surface area contributed by atoms with E-state index in [1.165, 1.54) is 17.3 Å². The Morgan fingerprint density at radius 3 is 2.96 bits per heavy atom. The Morgan fingerprint density at radius 2 is 2.24 bits per heavy atom. The fraction of sp³-hybridized carbons (Fsp3) is 0.412. The summed E-state index contributed by atoms with van der Waals surface area (Å²) in [5, 5.41) is 4.06. The molecular weight excluding hydrogens is 320 g/mol. The summed E-state index contributed by atoms with van der Waals surface area (Å²) < 4.78 is 0. The first-order valence-corrected chi connectivity index (χ1v) is 8.23. The third-order valence-corrected chi connectivity index (χ3v) is 4.35. The van der Waals surface area contributed by atoms with Gasteiger partial charge in [0.2, 0.25) is 5.91 Å². The van der Waals surface area contributed by atoms with E-state index in [1.54, 1.807) is 25.2 Å². The number of rotatable bonds is 4. The molecule has 1 unspecified atom stereocenters. The van der Waals surface area contributed by atoms with Gasteiger partial charge in [0.25, 0.3) is 5.91 Å². The van der Waals surface area contributed by atoms with Crippen molar-refractivity contribution in [3.05, 3.63) is 30.7 Å². The highest BCUT2D eigenvalue weighted by Gasteiger charge is 2.24. The van der Waals surface area contributed by atoms with Crippen LogP contribution < -0.4 is 5.32 Å². The largest absolute Gasteiger partial charge is 0.365 e. The number of hydrogen-bond donors (Lipinski definition) is 2. The first kappa shape index (κ1) is 16.9. The van der Waals surface area contributed by atoms with Crippen LogP contribution >= 0.6 is 0 Å². The predicted molar refractivity (Wildman–Crippen MR) is 95.3 cm³/mol. The number of fused-ring (bicyclic) bond motifs is 1. The van der Waals surface area contributed by atoms with Gasteiger partial charge in [0.15, 0.2) is 0 Å². The number of aromatic amines is 1. The van der Waals surface area contributed by atoms with Gasteiger partial charge >= 0.3 is 0 Å². The maximum Gasteiger partial charge on any atom is 0.255 e. The number of amides is 2. The van der Waals surface area contributed by atoms with Crippen LogP contribution in [-0.4, -0.2) is 69.8 Å². The first-order chi connectivity index (χ1) is 12.0. The highest BCUT2D eigenvalue weighted by atomic mass is 16.2. The highest BCUT2D eigenvalue weighted by molar-refractivity contribution is 6.09. The van der Waals surface area contributed by atoms with Gasteiger partial charge in [-0.05, 0) is 18.9 Å². The third kappa shape index (κ3) is 3.33. The predicted octanol–water partition coefficient (Wildman–Crippen LogP) is 1.25. The molecule has 1 aliphatic rings. The van der Waals surface area contributed by atoms with Crippen LogP contribution in [0.1, 0.15) is 23.2 Å². The van der Waals surface area contributed by atoms with E-state index in [0.29, 0.717) is 29.0 Å². The molecule has 2 aromatic rings. The van der Waals surface area contributed by atoms with Gasteiger partial charge in [-0.25, -0.2) is 9.97 Å². The molecule has 0 radical (unpaired) electrons. The Bertz CT molecular complexity index is 813. The number of carbonyl (C=O) groups excluding carboxylic acids is 2. The fourth-order valence-electron chi connectivity index (χ4n) is 3.10. The topological polar surface area (TPSA) is 94.2 Å². The van der Waals surface area contributed by atoms with E-state index in [4.69, 9.17) is 0 Å². The molecule has 1 fully saturated rings. The lowest BCUT2D eigenvalue weighted by Crippen LogP contribution is -2.44. The SMILES string of the molecule is C=CC(=O)N1CCCC(Nc2ncnc3[nH]cc(C(=O)N(C)C)c23)C1. The molecule has 1 aliphatic heterocycles. The maximum atomic E-state index is 12.4. The molecule has 25 heavy (non-hydrogen) atoms. The van der Waals surface area contributed by atoms with E-state index >= 15 is 0 Å². The van der Waals surface area contributed by atoms with Gasteiger partial charge < -0.3 is 20.1 Å². The van der Waals surface area contributed by atoms with Crippen molar-refractivity contribution in [2.24, 2.45) is 0 Å². The van der Waals surface area contributed by atoms with Crippen LogP contribution in [-0.2, 0) is 4.79 Å². The molecule has 0 saturated carbocycles. The lowest BCUT2D eigenvalue weighted by atomic mass is 10.1. The summed E-state index contributed by atoms with van der Waals surface area (Å²) in [5.74, 6) is 0.426. The van der Waals surface area contributed by atoms with Gasteiger partial charge in [-0.1, -0.05) is 6.58 Å². The Balaban J connectivity index is 1.88. The zero-order valence-electron chi connectivity index (χ0n) is 14.5. The summed E-state index contributed by atoms with van der Waals surface area (Å²) in [6.45, 7) is 4.86. The van der Waals surface area contributed by atoms with E-state index in [-0.39, 0.29) is 17.9 Å². The van der Waals surface area contributed by atoms with Crippen LogP contribution in [0.2, 0.25) is 0 Å². The molecule has 0 aromatic carbocycles. The van der Waals surface area contributed by atoms with Crippen LogP contribution in [0.3, 0.4) is 0 Å². The van der Waals surface area contributed by atoms with Gasteiger partial charge in [0.05, 0.1) is 10.9 Å². The smallest absolute Gasteiger partial charge is 0.255 e. The number of nitrogens with one attached hydrogen (secondary N) is 2. The summed E-state index contributed by atoms with van der Waals surface area (Å²) in [6, 6.07) is 0.0629. The first-order valence-electron chi connectivity index (χ1n) is 8.23. The molecule has 2 N–H and O–H groups in total. The van der Waals surface area contributed by atoms with Crippen molar-refractivity contribution in [2.75, 3.05) is 32.5 Å². The molecule has 132 valence electrons. The number of nitrogens with zero attached hydrogens (tertiary/aromatic N) is 4. The van der Waals surface area contributed by atoms with E-state index in [0.717, 1.165) is 19.4 Å². The summed E-state index contributed by atoms with van der Waals surface area (Å²) in [6.07, 6.45) is 6.28. The Labute approximate surface area is 145 Å². The molecule has 2 aromatic heterocycles. The molecule has 1 saturated heterocycles. The third-order valence-electron chi connectivity index (χ3n) is 4.35. The molecular formula is C17H22N6O2. The van der Waals surface area contributed by atoms with E-state index in [2.05, 4.69) is 26.8 Å². The van der Waals surface area contributed by atoms with E-state index in [1.807, 2.05) is 0 Å². The molecule has 8 heteroatoms. The fourth-order valence-corrected chi connectivity index (χ4v) is 3.10. The lowest BCUT2D eigenvalue weighted by Gasteiger charge is -2.32. The van der Waals surface area contributed by atoms with Crippen molar-refractivity contribution in [2.45, 2.75) is 18.9 Å². The van der Waals surface area contributed by atoms with Crippen LogP contribution in [0.15, 0.2) is 25.2 Å². The normalized spacial score (nSPS) is 17.4.